The lowest BCUT2D eigenvalue weighted by molar-refractivity contribution is -0.245. The van der Waals surface area contributed by atoms with E-state index < -0.39 is 52.2 Å². The van der Waals surface area contributed by atoms with Crippen molar-refractivity contribution in [2.24, 2.45) is 34.0 Å². The van der Waals surface area contributed by atoms with Crippen LogP contribution in [0.25, 0.3) is 0 Å². The maximum atomic E-state index is 13.2. The zero-order chi connectivity index (χ0) is 19.9. The van der Waals surface area contributed by atoms with Gasteiger partial charge in [-0.3, -0.25) is 9.59 Å². The second-order valence-corrected chi connectivity index (χ2v) is 9.69. The van der Waals surface area contributed by atoms with Crippen LogP contribution in [0.3, 0.4) is 0 Å². The number of carbonyl (C=O) groups excluding carboxylic acids is 3. The van der Waals surface area contributed by atoms with E-state index in [1.165, 1.54) is 0 Å². The zero-order valence-corrected chi connectivity index (χ0v) is 15.9. The Labute approximate surface area is 158 Å². The van der Waals surface area contributed by atoms with Crippen molar-refractivity contribution in [2.75, 3.05) is 0 Å². The van der Waals surface area contributed by atoms with E-state index in [9.17, 15) is 29.7 Å². The van der Waals surface area contributed by atoms with E-state index in [1.807, 2.05) is 13.8 Å². The van der Waals surface area contributed by atoms with Crippen molar-refractivity contribution in [3.05, 3.63) is 12.2 Å². The van der Waals surface area contributed by atoms with Crippen molar-refractivity contribution in [1.29, 1.82) is 0 Å². The zero-order valence-electron chi connectivity index (χ0n) is 15.9. The second-order valence-electron chi connectivity index (χ2n) is 9.69. The van der Waals surface area contributed by atoms with Gasteiger partial charge in [-0.25, -0.2) is 0 Å². The summed E-state index contributed by atoms with van der Waals surface area (Å²) in [7, 11) is 0. The summed E-state index contributed by atoms with van der Waals surface area (Å²) < 4.78 is 0. The lowest BCUT2D eigenvalue weighted by Gasteiger charge is -2.65. The lowest BCUT2D eigenvalue weighted by atomic mass is 9.38. The van der Waals surface area contributed by atoms with Gasteiger partial charge < -0.3 is 20.1 Å². The number of rotatable bonds is 2. The largest absolute Gasteiger partial charge is 0.393 e. The topological polar surface area (TPSA) is 112 Å². The minimum atomic E-state index is -1.62. The Morgan fingerprint density at radius 2 is 1.85 bits per heavy atom. The van der Waals surface area contributed by atoms with Crippen molar-refractivity contribution in [3.63, 3.8) is 0 Å². The first kappa shape index (κ1) is 19.0. The number of hydrogen-bond donors (Lipinski definition) is 3. The van der Waals surface area contributed by atoms with Gasteiger partial charge in [0.05, 0.1) is 23.7 Å². The van der Waals surface area contributed by atoms with Crippen molar-refractivity contribution < 1.29 is 29.7 Å². The third-order valence-electron chi connectivity index (χ3n) is 8.70. The fourth-order valence-electron chi connectivity index (χ4n) is 7.36. The van der Waals surface area contributed by atoms with Gasteiger partial charge in [0.15, 0.2) is 5.78 Å². The molecule has 4 aliphatic carbocycles. The number of Topliss-reactive ketones (excluding diaryl/α,β-unsaturated/α-hetero) is 2. The van der Waals surface area contributed by atoms with Gasteiger partial charge in [-0.2, -0.15) is 0 Å². The molecule has 3 N–H and O–H groups in total. The van der Waals surface area contributed by atoms with Gasteiger partial charge >= 0.3 is 0 Å². The molecule has 2 bridgehead atoms. The van der Waals surface area contributed by atoms with Crippen LogP contribution in [0.1, 0.15) is 46.0 Å². The minimum absolute atomic E-state index is 0.00427. The smallest absolute Gasteiger partial charge is 0.170 e. The molecule has 9 atom stereocenters. The maximum absolute atomic E-state index is 13.2. The number of ketones is 2. The van der Waals surface area contributed by atoms with Crippen LogP contribution < -0.4 is 0 Å². The standard InChI is InChI=1S/C21H28O6/c1-10-11-8-12(23)16-20(3)13(19(2,6-7-22)5-4-14(20)24)9-15(25)21(16,17(10)26)18(11)27/h7,11,13-16,18,24-25,27H,1,4-6,8-9H2,2-3H3/t11-,13+,14-,15+,16-,18+,19-,20-,21+/m0/s1. The van der Waals surface area contributed by atoms with E-state index in [-0.39, 0.29) is 36.5 Å². The third-order valence-corrected chi connectivity index (χ3v) is 8.70. The molecule has 0 radical (unpaired) electrons. The molecule has 4 fully saturated rings. The number of carbonyl (C=O) groups is 3. The summed E-state index contributed by atoms with van der Waals surface area (Å²) in [6, 6.07) is 0. The quantitative estimate of drug-likeness (QED) is 0.486. The molecule has 0 heterocycles. The maximum Gasteiger partial charge on any atom is 0.170 e. The van der Waals surface area contributed by atoms with Gasteiger partial charge in [-0.15, -0.1) is 0 Å². The number of fused-ring (bicyclic) bond motifs is 3. The molecule has 6 nitrogen and oxygen atoms in total. The normalized spacial score (nSPS) is 54.5. The Bertz CT molecular complexity index is 745. The molecule has 0 aromatic carbocycles. The van der Waals surface area contributed by atoms with Crippen molar-refractivity contribution in [1.82, 2.24) is 0 Å². The molecule has 0 aliphatic heterocycles. The first-order chi connectivity index (χ1) is 12.6. The van der Waals surface area contributed by atoms with E-state index >= 15 is 0 Å². The van der Waals surface area contributed by atoms with Gasteiger partial charge in [0.2, 0.25) is 0 Å². The average molecular weight is 376 g/mol. The van der Waals surface area contributed by atoms with Crippen LogP contribution in [0, 0.1) is 34.0 Å². The number of aliphatic hydroxyl groups is 3. The van der Waals surface area contributed by atoms with Crippen LogP contribution in [0.15, 0.2) is 12.2 Å². The number of aldehydes is 1. The Morgan fingerprint density at radius 1 is 1.19 bits per heavy atom. The molecule has 4 saturated carbocycles. The van der Waals surface area contributed by atoms with Gasteiger partial charge in [0.1, 0.15) is 12.1 Å². The highest BCUT2D eigenvalue weighted by atomic mass is 16.3. The monoisotopic (exact) mass is 376 g/mol. The van der Waals surface area contributed by atoms with Crippen molar-refractivity contribution in [3.8, 4) is 0 Å². The fraction of sp³-hybridized carbons (Fsp3) is 0.762. The highest BCUT2D eigenvalue weighted by Crippen LogP contribution is 2.70. The van der Waals surface area contributed by atoms with Crippen molar-refractivity contribution >= 4 is 17.9 Å². The van der Waals surface area contributed by atoms with Gasteiger partial charge in [-0.05, 0) is 36.2 Å². The number of hydrogen-bond acceptors (Lipinski definition) is 6. The first-order valence-electron chi connectivity index (χ1n) is 9.81. The predicted octanol–water partition coefficient (Wildman–Crippen LogP) is 0.815. The molecule has 4 rings (SSSR count). The summed E-state index contributed by atoms with van der Waals surface area (Å²) in [5.74, 6) is -2.56. The molecule has 0 saturated heterocycles. The van der Waals surface area contributed by atoms with E-state index in [4.69, 9.17) is 0 Å². The Hall–Kier alpha value is -1.37. The molecular formula is C21H28O6. The summed E-state index contributed by atoms with van der Waals surface area (Å²) in [5, 5.41) is 33.2. The minimum Gasteiger partial charge on any atom is -0.393 e. The molecule has 4 aliphatic rings. The Kier molecular flexibility index (Phi) is 3.92. The predicted molar refractivity (Wildman–Crippen MR) is 95.4 cm³/mol. The summed E-state index contributed by atoms with van der Waals surface area (Å²) >= 11 is 0. The van der Waals surface area contributed by atoms with Gasteiger partial charge in [0.25, 0.3) is 0 Å². The molecule has 0 aromatic rings. The van der Waals surface area contributed by atoms with Crippen LogP contribution in [-0.4, -0.2) is 51.5 Å². The number of aliphatic hydroxyl groups excluding tert-OH is 3. The van der Waals surface area contributed by atoms with E-state index in [0.29, 0.717) is 12.8 Å². The summed E-state index contributed by atoms with van der Waals surface area (Å²) in [5.41, 5.74) is -2.87. The van der Waals surface area contributed by atoms with Crippen LogP contribution in [0.5, 0.6) is 0 Å². The fourth-order valence-corrected chi connectivity index (χ4v) is 7.36. The second kappa shape index (κ2) is 5.58. The molecule has 0 aromatic heterocycles. The Balaban J connectivity index is 1.94. The molecule has 1 spiro atoms. The highest BCUT2D eigenvalue weighted by molar-refractivity contribution is 6.10. The molecule has 0 amide bonds. The first-order valence-corrected chi connectivity index (χ1v) is 9.81. The van der Waals surface area contributed by atoms with Crippen LogP contribution >= 0.6 is 0 Å². The van der Waals surface area contributed by atoms with Crippen LogP contribution in [-0.2, 0) is 14.4 Å². The SMILES string of the molecule is C=C1C(=O)[C@@]23[C@H](O)C[C@@H]4[C@](C)(CC=O)CC[C@H](O)[C@@]4(C)[C@@H]2C(=O)C[C@@H]1[C@H]3O. The van der Waals surface area contributed by atoms with E-state index in [1.54, 1.807) is 0 Å². The van der Waals surface area contributed by atoms with Crippen LogP contribution in [0.4, 0.5) is 0 Å². The van der Waals surface area contributed by atoms with Gasteiger partial charge in [-0.1, -0.05) is 20.4 Å². The summed E-state index contributed by atoms with van der Waals surface area (Å²) in [4.78, 5) is 37.8. The average Bonchev–Trinajstić information content (AvgIpc) is 2.72. The highest BCUT2D eigenvalue weighted by Gasteiger charge is 2.77. The molecular weight excluding hydrogens is 348 g/mol. The summed E-state index contributed by atoms with van der Waals surface area (Å²) in [6.07, 6.45) is -0.885. The Morgan fingerprint density at radius 3 is 2.48 bits per heavy atom. The molecule has 148 valence electrons. The van der Waals surface area contributed by atoms with E-state index in [2.05, 4.69) is 6.58 Å². The van der Waals surface area contributed by atoms with Gasteiger partial charge in [0, 0.05) is 30.1 Å². The molecule has 27 heavy (non-hydrogen) atoms. The third kappa shape index (κ3) is 1.94. The molecule has 6 heteroatoms. The lowest BCUT2D eigenvalue weighted by Crippen LogP contribution is -2.72. The van der Waals surface area contributed by atoms with Crippen molar-refractivity contribution in [2.45, 2.75) is 64.3 Å². The summed E-state index contributed by atoms with van der Waals surface area (Å²) in [6.45, 7) is 7.57. The van der Waals surface area contributed by atoms with Crippen LogP contribution in [0.2, 0.25) is 0 Å². The molecule has 0 unspecified atom stereocenters. The van der Waals surface area contributed by atoms with E-state index in [0.717, 1.165) is 6.29 Å².